The fourth-order valence-corrected chi connectivity index (χ4v) is 4.72. The minimum atomic E-state index is -3.02. The zero-order valence-corrected chi connectivity index (χ0v) is 13.6. The first kappa shape index (κ1) is 16.0. The van der Waals surface area contributed by atoms with Gasteiger partial charge >= 0.3 is 0 Å². The Labute approximate surface area is 135 Å². The predicted molar refractivity (Wildman–Crippen MR) is 86.1 cm³/mol. The van der Waals surface area contributed by atoms with Gasteiger partial charge in [-0.05, 0) is 43.5 Å². The summed E-state index contributed by atoms with van der Waals surface area (Å²) in [6.45, 7) is 1.58. The van der Waals surface area contributed by atoms with Crippen LogP contribution >= 0.6 is 0 Å². The molecular weight excluding hydrogens is 316 g/mol. The molecule has 1 N–H and O–H groups in total. The topological polar surface area (TPSA) is 83.5 Å². The summed E-state index contributed by atoms with van der Waals surface area (Å²) in [6.07, 6.45) is 2.53. The van der Waals surface area contributed by atoms with Crippen LogP contribution in [0.2, 0.25) is 0 Å². The van der Waals surface area contributed by atoms with Gasteiger partial charge in [0.1, 0.15) is 0 Å². The molecule has 23 heavy (non-hydrogen) atoms. The quantitative estimate of drug-likeness (QED) is 0.886. The van der Waals surface area contributed by atoms with E-state index in [4.69, 9.17) is 0 Å². The van der Waals surface area contributed by atoms with Gasteiger partial charge in [-0.3, -0.25) is 9.59 Å². The van der Waals surface area contributed by atoms with Crippen molar-refractivity contribution >= 4 is 21.7 Å². The fraction of sp³-hybridized carbons (Fsp3) is 0.500. The lowest BCUT2D eigenvalue weighted by molar-refractivity contribution is 0.0792. The smallest absolute Gasteiger partial charge is 0.253 e. The molecule has 2 fully saturated rings. The van der Waals surface area contributed by atoms with Crippen LogP contribution in [0.5, 0.6) is 0 Å². The minimum Gasteiger partial charge on any atom is -0.348 e. The van der Waals surface area contributed by atoms with Crippen molar-refractivity contribution in [2.45, 2.75) is 25.3 Å². The van der Waals surface area contributed by atoms with E-state index >= 15 is 0 Å². The van der Waals surface area contributed by atoms with Gasteiger partial charge in [-0.1, -0.05) is 0 Å². The summed E-state index contributed by atoms with van der Waals surface area (Å²) in [4.78, 5) is 26.2. The second-order valence-electron chi connectivity index (χ2n) is 6.15. The molecule has 124 valence electrons. The molecule has 0 bridgehead atoms. The first-order valence-corrected chi connectivity index (χ1v) is 9.67. The van der Waals surface area contributed by atoms with Crippen molar-refractivity contribution < 1.29 is 18.0 Å². The summed E-state index contributed by atoms with van der Waals surface area (Å²) in [6, 6.07) is 6.21. The summed E-state index contributed by atoms with van der Waals surface area (Å²) in [5.41, 5.74) is 1.01. The van der Waals surface area contributed by atoms with Crippen LogP contribution in [0.1, 0.15) is 40.0 Å². The van der Waals surface area contributed by atoms with Crippen LogP contribution in [0, 0.1) is 0 Å². The summed E-state index contributed by atoms with van der Waals surface area (Å²) in [7, 11) is -3.02. The van der Waals surface area contributed by atoms with Crippen LogP contribution in [0.15, 0.2) is 24.3 Å². The second kappa shape index (κ2) is 6.31. The molecule has 0 spiro atoms. The number of likely N-dealkylation sites (tertiary alicyclic amines) is 1. The molecule has 2 aliphatic rings. The number of rotatable bonds is 3. The molecule has 2 amide bonds. The Morgan fingerprint density at radius 2 is 1.65 bits per heavy atom. The number of sulfone groups is 1. The number of nitrogens with zero attached hydrogens (tertiary/aromatic N) is 1. The molecule has 0 aliphatic carbocycles. The maximum atomic E-state index is 12.2. The van der Waals surface area contributed by atoms with Gasteiger partial charge in [0.05, 0.1) is 11.5 Å². The molecule has 1 unspecified atom stereocenters. The van der Waals surface area contributed by atoms with Gasteiger partial charge < -0.3 is 10.2 Å². The lowest BCUT2D eigenvalue weighted by atomic mass is 10.1. The molecule has 1 atom stereocenters. The Morgan fingerprint density at radius 3 is 2.22 bits per heavy atom. The zero-order chi connectivity index (χ0) is 16.4. The molecule has 6 nitrogen and oxygen atoms in total. The van der Waals surface area contributed by atoms with Crippen molar-refractivity contribution in [2.75, 3.05) is 24.6 Å². The number of benzene rings is 1. The van der Waals surface area contributed by atoms with Gasteiger partial charge in [0, 0.05) is 30.3 Å². The lowest BCUT2D eigenvalue weighted by Crippen LogP contribution is -2.35. The molecule has 0 saturated carbocycles. The summed E-state index contributed by atoms with van der Waals surface area (Å²) in [5.74, 6) is -0.172. The lowest BCUT2D eigenvalue weighted by Gasteiger charge is -2.15. The molecule has 2 aliphatic heterocycles. The molecule has 1 aromatic rings. The second-order valence-corrected chi connectivity index (χ2v) is 8.38. The number of carbonyl (C=O) groups is 2. The Bertz CT molecular complexity index is 706. The predicted octanol–water partition coefficient (Wildman–Crippen LogP) is 0.839. The van der Waals surface area contributed by atoms with E-state index < -0.39 is 9.84 Å². The Hall–Kier alpha value is -1.89. The van der Waals surface area contributed by atoms with Gasteiger partial charge in [0.15, 0.2) is 9.84 Å². The fourth-order valence-electron chi connectivity index (χ4n) is 3.04. The Kier molecular flexibility index (Phi) is 4.39. The highest BCUT2D eigenvalue weighted by molar-refractivity contribution is 7.91. The van der Waals surface area contributed by atoms with Gasteiger partial charge in [0.25, 0.3) is 11.8 Å². The van der Waals surface area contributed by atoms with Crippen LogP contribution in [0.3, 0.4) is 0 Å². The normalized spacial score (nSPS) is 23.0. The van der Waals surface area contributed by atoms with E-state index in [0.717, 1.165) is 25.9 Å². The molecule has 2 saturated heterocycles. The van der Waals surface area contributed by atoms with Crippen LogP contribution < -0.4 is 5.32 Å². The SMILES string of the molecule is O=C(NC1CCS(=O)(=O)C1)c1ccc(C(=O)N2CCCC2)cc1. The van der Waals surface area contributed by atoms with E-state index in [9.17, 15) is 18.0 Å². The maximum absolute atomic E-state index is 12.2. The summed E-state index contributed by atoms with van der Waals surface area (Å²) in [5, 5.41) is 2.74. The molecule has 7 heteroatoms. The minimum absolute atomic E-state index is 0.00338. The first-order chi connectivity index (χ1) is 10.9. The number of hydrogen-bond donors (Lipinski definition) is 1. The average molecular weight is 336 g/mol. The van der Waals surface area contributed by atoms with Gasteiger partial charge in [-0.2, -0.15) is 0 Å². The number of nitrogens with one attached hydrogen (secondary N) is 1. The van der Waals surface area contributed by atoms with Crippen LogP contribution in [-0.4, -0.2) is 55.8 Å². The Balaban J connectivity index is 1.62. The third-order valence-corrected chi connectivity index (χ3v) is 6.12. The highest BCUT2D eigenvalue weighted by atomic mass is 32.2. The maximum Gasteiger partial charge on any atom is 0.253 e. The van der Waals surface area contributed by atoms with Crippen molar-refractivity contribution in [3.05, 3.63) is 35.4 Å². The van der Waals surface area contributed by atoms with E-state index in [0.29, 0.717) is 17.5 Å². The van der Waals surface area contributed by atoms with Crippen molar-refractivity contribution in [2.24, 2.45) is 0 Å². The van der Waals surface area contributed by atoms with Crippen molar-refractivity contribution in [3.63, 3.8) is 0 Å². The van der Waals surface area contributed by atoms with Crippen molar-refractivity contribution in [3.8, 4) is 0 Å². The highest BCUT2D eigenvalue weighted by Gasteiger charge is 2.29. The molecule has 1 aromatic carbocycles. The number of hydrogen-bond acceptors (Lipinski definition) is 4. The standard InChI is InChI=1S/C16H20N2O4S/c19-15(17-14-7-10-23(21,22)11-14)12-3-5-13(6-4-12)16(20)18-8-1-2-9-18/h3-6,14H,1-2,7-11H2,(H,17,19). The zero-order valence-electron chi connectivity index (χ0n) is 12.8. The molecule has 0 radical (unpaired) electrons. The first-order valence-electron chi connectivity index (χ1n) is 7.85. The van der Waals surface area contributed by atoms with Crippen molar-refractivity contribution in [1.29, 1.82) is 0 Å². The highest BCUT2D eigenvalue weighted by Crippen LogP contribution is 2.15. The van der Waals surface area contributed by atoms with E-state index in [1.165, 1.54) is 0 Å². The van der Waals surface area contributed by atoms with E-state index in [1.807, 2.05) is 4.90 Å². The van der Waals surface area contributed by atoms with Gasteiger partial charge in [0.2, 0.25) is 0 Å². The third-order valence-electron chi connectivity index (χ3n) is 4.35. The number of amides is 2. The van der Waals surface area contributed by atoms with Crippen LogP contribution in [-0.2, 0) is 9.84 Å². The van der Waals surface area contributed by atoms with E-state index in [2.05, 4.69) is 5.32 Å². The molecule has 2 heterocycles. The average Bonchev–Trinajstić information content (AvgIpc) is 3.16. The molecule has 0 aromatic heterocycles. The van der Waals surface area contributed by atoms with Crippen LogP contribution in [0.25, 0.3) is 0 Å². The van der Waals surface area contributed by atoms with E-state index in [-0.39, 0.29) is 29.4 Å². The van der Waals surface area contributed by atoms with Crippen LogP contribution in [0.4, 0.5) is 0 Å². The Morgan fingerprint density at radius 1 is 1.04 bits per heavy atom. The largest absolute Gasteiger partial charge is 0.348 e. The van der Waals surface area contributed by atoms with Crippen molar-refractivity contribution in [1.82, 2.24) is 10.2 Å². The van der Waals surface area contributed by atoms with Gasteiger partial charge in [-0.25, -0.2) is 8.42 Å². The molecular formula is C16H20N2O4S. The number of carbonyl (C=O) groups excluding carboxylic acids is 2. The summed E-state index contributed by atoms with van der Waals surface area (Å²) >= 11 is 0. The summed E-state index contributed by atoms with van der Waals surface area (Å²) < 4.78 is 22.8. The van der Waals surface area contributed by atoms with Gasteiger partial charge in [-0.15, -0.1) is 0 Å². The monoisotopic (exact) mass is 336 g/mol. The third kappa shape index (κ3) is 3.72. The molecule has 3 rings (SSSR count). The van der Waals surface area contributed by atoms with E-state index in [1.54, 1.807) is 24.3 Å².